The third kappa shape index (κ3) is 1.84. The fraction of sp³-hybridized carbons (Fsp3) is 0.300. The van der Waals surface area contributed by atoms with E-state index in [2.05, 4.69) is 0 Å². The molecule has 2 aliphatic rings. The Labute approximate surface area is 150 Å². The molecule has 0 atom stereocenters. The number of carbonyl (C=O) groups excluding carboxylic acids is 2. The second-order valence-corrected chi connectivity index (χ2v) is 9.75. The molecule has 130 valence electrons. The topological polar surface area (TPSA) is 40.6 Å². The van der Waals surface area contributed by atoms with Gasteiger partial charge in [0.2, 0.25) is 0 Å². The largest absolute Gasteiger partial charge is 0.274 e. The number of hydrogen-bond donors (Lipinski definition) is 0. The van der Waals surface area contributed by atoms with Crippen LogP contribution in [0.4, 0.5) is 0 Å². The van der Waals surface area contributed by atoms with Crippen molar-refractivity contribution in [1.82, 2.24) is 8.61 Å². The molecule has 0 unspecified atom stereocenters. The lowest BCUT2D eigenvalue weighted by Gasteiger charge is -2.51. The van der Waals surface area contributed by atoms with Crippen molar-refractivity contribution in [2.24, 2.45) is 0 Å². The van der Waals surface area contributed by atoms with Crippen LogP contribution in [-0.4, -0.2) is 32.5 Å². The standard InChI is InChI=1S/C20H22N2O2S/c1-13(2)21-19(23)15-9-5-7-11-17(15)25(21)18-12-8-6-10-16(18)20(24)22(25)14(3)4/h5-14H,1-4H3. The average Bonchev–Trinajstić information content (AvgIpc) is 3.00. The molecule has 2 amide bonds. The van der Waals surface area contributed by atoms with Crippen LogP contribution in [0.15, 0.2) is 58.3 Å². The van der Waals surface area contributed by atoms with Gasteiger partial charge in [-0.05, 0) is 62.4 Å². The molecule has 0 aromatic heterocycles. The van der Waals surface area contributed by atoms with Crippen molar-refractivity contribution in [3.05, 3.63) is 59.7 Å². The van der Waals surface area contributed by atoms with Crippen molar-refractivity contribution < 1.29 is 9.59 Å². The van der Waals surface area contributed by atoms with E-state index >= 15 is 0 Å². The average molecular weight is 354 g/mol. The van der Waals surface area contributed by atoms with E-state index in [9.17, 15) is 9.59 Å². The third-order valence-electron chi connectivity index (χ3n) is 4.76. The minimum absolute atomic E-state index is 0.00453. The first-order chi connectivity index (χ1) is 11.9. The summed E-state index contributed by atoms with van der Waals surface area (Å²) in [6.45, 7) is 8.12. The first-order valence-electron chi connectivity index (χ1n) is 8.61. The molecule has 0 radical (unpaired) electrons. The number of nitrogens with zero attached hydrogens (tertiary/aromatic N) is 2. The highest BCUT2D eigenvalue weighted by Gasteiger charge is 2.58. The summed E-state index contributed by atoms with van der Waals surface area (Å²) in [5, 5.41) is 0. The summed E-state index contributed by atoms with van der Waals surface area (Å²) in [4.78, 5) is 28.6. The fourth-order valence-electron chi connectivity index (χ4n) is 3.98. The second-order valence-electron chi connectivity index (χ2n) is 6.99. The molecule has 5 heteroatoms. The number of rotatable bonds is 2. The van der Waals surface area contributed by atoms with Gasteiger partial charge in [-0.25, -0.2) is 0 Å². The smallest absolute Gasteiger partial charge is 0.265 e. The molecule has 1 spiro atoms. The maximum absolute atomic E-state index is 13.3. The molecule has 0 N–H and O–H groups in total. The molecule has 0 fully saturated rings. The summed E-state index contributed by atoms with van der Waals surface area (Å²) in [5.41, 5.74) is 1.45. The monoisotopic (exact) mass is 354 g/mol. The van der Waals surface area contributed by atoms with Crippen LogP contribution in [-0.2, 0) is 0 Å². The zero-order valence-corrected chi connectivity index (χ0v) is 15.7. The number of benzene rings is 2. The zero-order valence-electron chi connectivity index (χ0n) is 14.9. The van der Waals surface area contributed by atoms with Gasteiger partial charge in [0.25, 0.3) is 11.8 Å². The Hall–Kier alpha value is -2.27. The highest BCUT2D eigenvalue weighted by molar-refractivity contribution is 8.31. The predicted molar refractivity (Wildman–Crippen MR) is 99.6 cm³/mol. The summed E-state index contributed by atoms with van der Waals surface area (Å²) in [7, 11) is -2.06. The molecule has 2 aliphatic heterocycles. The van der Waals surface area contributed by atoms with E-state index in [4.69, 9.17) is 0 Å². The van der Waals surface area contributed by atoms with E-state index in [0.717, 1.165) is 20.9 Å². The third-order valence-corrected chi connectivity index (χ3v) is 9.01. The Bertz CT molecular complexity index is 817. The van der Waals surface area contributed by atoms with Crippen molar-refractivity contribution in [2.75, 3.05) is 0 Å². The van der Waals surface area contributed by atoms with Gasteiger partial charge < -0.3 is 0 Å². The van der Waals surface area contributed by atoms with E-state index < -0.39 is 10.4 Å². The molecular weight excluding hydrogens is 332 g/mol. The molecule has 0 saturated carbocycles. The zero-order chi connectivity index (χ0) is 17.9. The minimum atomic E-state index is -2.06. The van der Waals surface area contributed by atoms with E-state index in [1.165, 1.54) is 0 Å². The van der Waals surface area contributed by atoms with Crippen molar-refractivity contribution in [3.8, 4) is 0 Å². The van der Waals surface area contributed by atoms with Gasteiger partial charge in [-0.15, -0.1) is 0 Å². The van der Waals surface area contributed by atoms with Crippen molar-refractivity contribution in [1.29, 1.82) is 0 Å². The number of amides is 2. The molecule has 2 heterocycles. The Kier molecular flexibility index (Phi) is 3.48. The van der Waals surface area contributed by atoms with E-state index in [1.54, 1.807) is 0 Å². The van der Waals surface area contributed by atoms with Gasteiger partial charge in [0.1, 0.15) is 0 Å². The maximum Gasteiger partial charge on any atom is 0.265 e. The first-order valence-corrected chi connectivity index (χ1v) is 10.2. The lowest BCUT2D eigenvalue weighted by Crippen LogP contribution is -2.44. The van der Waals surface area contributed by atoms with Crippen LogP contribution in [0, 0.1) is 0 Å². The molecule has 2 aromatic rings. The van der Waals surface area contributed by atoms with Crippen LogP contribution < -0.4 is 0 Å². The molecule has 4 rings (SSSR count). The fourth-order valence-corrected chi connectivity index (χ4v) is 8.61. The van der Waals surface area contributed by atoms with E-state index in [0.29, 0.717) is 0 Å². The number of carbonyl (C=O) groups is 2. The number of fused-ring (bicyclic) bond motifs is 4. The van der Waals surface area contributed by atoms with E-state index in [1.807, 2.05) is 84.8 Å². The molecule has 0 bridgehead atoms. The summed E-state index contributed by atoms with van der Waals surface area (Å²) in [6, 6.07) is 15.5. The molecule has 2 aromatic carbocycles. The van der Waals surface area contributed by atoms with E-state index in [-0.39, 0.29) is 23.9 Å². The van der Waals surface area contributed by atoms with Gasteiger partial charge in [0, 0.05) is 21.9 Å². The molecule has 0 saturated heterocycles. The summed E-state index contributed by atoms with van der Waals surface area (Å²) in [5.74, 6) is 0.0477. The first kappa shape index (κ1) is 16.2. The molecular formula is C20H22N2O2S. The van der Waals surface area contributed by atoms with Gasteiger partial charge in [-0.3, -0.25) is 18.2 Å². The highest BCUT2D eigenvalue weighted by Crippen LogP contribution is 2.76. The van der Waals surface area contributed by atoms with Gasteiger partial charge in [0.15, 0.2) is 0 Å². The Balaban J connectivity index is 2.15. The Morgan fingerprint density at radius 2 is 1.04 bits per heavy atom. The molecule has 25 heavy (non-hydrogen) atoms. The van der Waals surface area contributed by atoms with Crippen LogP contribution in [0.3, 0.4) is 0 Å². The van der Waals surface area contributed by atoms with Crippen LogP contribution in [0.25, 0.3) is 0 Å². The highest BCUT2D eigenvalue weighted by atomic mass is 32.3. The number of hydrogen-bond acceptors (Lipinski definition) is 2. The Morgan fingerprint density at radius 1 is 0.680 bits per heavy atom. The second kappa shape index (κ2) is 5.36. The Morgan fingerprint density at radius 3 is 1.40 bits per heavy atom. The van der Waals surface area contributed by atoms with Gasteiger partial charge in [-0.1, -0.05) is 24.3 Å². The summed E-state index contributed by atoms with van der Waals surface area (Å²) < 4.78 is 3.92. The van der Waals surface area contributed by atoms with Crippen molar-refractivity contribution >= 4 is 22.2 Å². The van der Waals surface area contributed by atoms with Crippen LogP contribution in [0.1, 0.15) is 48.4 Å². The maximum atomic E-state index is 13.3. The van der Waals surface area contributed by atoms with Gasteiger partial charge >= 0.3 is 0 Å². The van der Waals surface area contributed by atoms with Gasteiger partial charge in [0.05, 0.1) is 11.1 Å². The minimum Gasteiger partial charge on any atom is -0.274 e. The van der Waals surface area contributed by atoms with Crippen molar-refractivity contribution in [2.45, 2.75) is 49.6 Å². The molecule has 4 nitrogen and oxygen atoms in total. The van der Waals surface area contributed by atoms with Crippen LogP contribution in [0.5, 0.6) is 0 Å². The summed E-state index contributed by atoms with van der Waals surface area (Å²) in [6.07, 6.45) is 0. The van der Waals surface area contributed by atoms with Gasteiger partial charge in [-0.2, -0.15) is 0 Å². The normalized spacial score (nSPS) is 19.1. The summed E-state index contributed by atoms with van der Waals surface area (Å²) >= 11 is 0. The lowest BCUT2D eigenvalue weighted by molar-refractivity contribution is 0.0822. The van der Waals surface area contributed by atoms with Crippen LogP contribution in [0.2, 0.25) is 0 Å². The molecule has 0 aliphatic carbocycles. The van der Waals surface area contributed by atoms with Crippen LogP contribution >= 0.6 is 10.4 Å². The SMILES string of the molecule is CC(C)N1C(=O)c2ccccc2S12c1ccccc1C(=O)N2C(C)C. The lowest BCUT2D eigenvalue weighted by atomic mass is 10.2. The predicted octanol–water partition coefficient (Wildman–Crippen LogP) is 4.47. The van der Waals surface area contributed by atoms with Crippen molar-refractivity contribution in [3.63, 3.8) is 0 Å². The quantitative estimate of drug-likeness (QED) is 0.798.